The van der Waals surface area contributed by atoms with E-state index in [0.717, 1.165) is 29.8 Å². The van der Waals surface area contributed by atoms with Gasteiger partial charge in [0.2, 0.25) is 5.79 Å². The fourth-order valence-corrected chi connectivity index (χ4v) is 6.85. The maximum absolute atomic E-state index is 16.7. The zero-order chi connectivity index (χ0) is 39.7. The van der Waals surface area contributed by atoms with Crippen LogP contribution < -0.4 is 20.9 Å². The van der Waals surface area contributed by atoms with E-state index in [9.17, 15) is 19.2 Å². The standard InChI is InChI=1S/C38H47F3N6O7/c1-20-16-22(43-34(50)53-36(3,4)5)19-47(18-20)31-23-12-13-28(52-21(2)48)30(23)42-17-27(31)45-33(49)26-14-15-38(41,46-35(51)54-37(6,7)8)32(44-26)29-24(39)10-9-11-25(29)40/h9-11,14,17,20,22,28H,12-13,15-16,18-19H2,1-8H3,(H,43,50)(H,45,49)(H,46,51)/t20-,22+,28?,38?/m1/s1. The van der Waals surface area contributed by atoms with Crippen LogP contribution in [-0.2, 0) is 30.2 Å². The zero-order valence-electron chi connectivity index (χ0n) is 31.7. The number of nitrogens with zero attached hydrogens (tertiary/aromatic N) is 3. The van der Waals surface area contributed by atoms with Crippen LogP contribution >= 0.6 is 0 Å². The van der Waals surface area contributed by atoms with E-state index in [1.165, 1.54) is 13.1 Å². The first-order valence-electron chi connectivity index (χ1n) is 17.8. The third kappa shape index (κ3) is 9.49. The van der Waals surface area contributed by atoms with Crippen LogP contribution in [0, 0.1) is 17.6 Å². The normalized spacial score (nSPS) is 22.6. The highest BCUT2D eigenvalue weighted by Crippen LogP contribution is 2.43. The molecule has 0 bridgehead atoms. The first-order chi connectivity index (χ1) is 25.1. The number of rotatable bonds is 7. The highest BCUT2D eigenvalue weighted by atomic mass is 19.2. The van der Waals surface area contributed by atoms with Crippen LogP contribution in [0.5, 0.6) is 0 Å². The largest absolute Gasteiger partial charge is 0.456 e. The van der Waals surface area contributed by atoms with Crippen molar-refractivity contribution >= 4 is 41.1 Å². The molecule has 13 nitrogen and oxygen atoms in total. The molecule has 3 N–H and O–H groups in total. The van der Waals surface area contributed by atoms with Crippen LogP contribution in [-0.4, -0.2) is 70.9 Å². The molecule has 0 saturated carbocycles. The van der Waals surface area contributed by atoms with Crippen LogP contribution in [0.2, 0.25) is 0 Å². The van der Waals surface area contributed by atoms with E-state index in [0.29, 0.717) is 43.7 Å². The number of esters is 1. The number of amides is 3. The third-order valence-corrected chi connectivity index (χ3v) is 8.71. The van der Waals surface area contributed by atoms with Gasteiger partial charge >= 0.3 is 18.2 Å². The van der Waals surface area contributed by atoms with Crippen molar-refractivity contribution in [3.8, 4) is 0 Å². The molecular weight excluding hydrogens is 709 g/mol. The van der Waals surface area contributed by atoms with Gasteiger partial charge in [0.1, 0.15) is 40.3 Å². The van der Waals surface area contributed by atoms with E-state index in [1.807, 2.05) is 17.1 Å². The number of carbonyl (C=O) groups is 4. The van der Waals surface area contributed by atoms with Crippen molar-refractivity contribution in [1.29, 1.82) is 0 Å². The second kappa shape index (κ2) is 15.3. The number of piperidine rings is 1. The summed E-state index contributed by atoms with van der Waals surface area (Å²) in [5.41, 5.74) is -1.77. The lowest BCUT2D eigenvalue weighted by atomic mass is 9.93. The van der Waals surface area contributed by atoms with Gasteiger partial charge in [-0.05, 0) is 84.9 Å². The second-order valence-corrected chi connectivity index (χ2v) is 15.8. The van der Waals surface area contributed by atoms with Gasteiger partial charge in [0.05, 0.1) is 28.8 Å². The quantitative estimate of drug-likeness (QED) is 0.162. The monoisotopic (exact) mass is 756 g/mol. The van der Waals surface area contributed by atoms with Gasteiger partial charge in [-0.3, -0.25) is 19.9 Å². The van der Waals surface area contributed by atoms with Gasteiger partial charge in [0, 0.05) is 38.0 Å². The highest BCUT2D eigenvalue weighted by Gasteiger charge is 2.44. The van der Waals surface area contributed by atoms with Gasteiger partial charge in [-0.2, -0.15) is 0 Å². The molecule has 2 unspecified atom stereocenters. The molecule has 4 atom stereocenters. The summed E-state index contributed by atoms with van der Waals surface area (Å²) in [6, 6.07) is 2.57. The van der Waals surface area contributed by atoms with E-state index in [1.54, 1.807) is 41.5 Å². The molecule has 5 rings (SSSR count). The average molecular weight is 757 g/mol. The summed E-state index contributed by atoms with van der Waals surface area (Å²) in [6.07, 6.45) is 0.970. The Morgan fingerprint density at radius 2 is 1.63 bits per heavy atom. The second-order valence-electron chi connectivity index (χ2n) is 15.8. The number of ether oxygens (including phenoxy) is 3. The summed E-state index contributed by atoms with van der Waals surface area (Å²) in [5.74, 6) is -6.53. The Bertz CT molecular complexity index is 1870. The van der Waals surface area contributed by atoms with Crippen molar-refractivity contribution in [3.63, 3.8) is 0 Å². The molecule has 1 aromatic carbocycles. The Labute approximate surface area is 312 Å². The molecule has 3 amide bonds. The molecule has 3 aliphatic rings. The number of pyridine rings is 1. The predicted molar refractivity (Wildman–Crippen MR) is 194 cm³/mol. The number of aliphatic imine (C=N–C) groups is 1. The maximum Gasteiger partial charge on any atom is 0.410 e. The van der Waals surface area contributed by atoms with Crippen LogP contribution in [0.4, 0.5) is 34.1 Å². The van der Waals surface area contributed by atoms with E-state index in [4.69, 9.17) is 14.2 Å². The highest BCUT2D eigenvalue weighted by molar-refractivity contribution is 6.14. The molecule has 292 valence electrons. The Kier molecular flexibility index (Phi) is 11.3. The lowest BCUT2D eigenvalue weighted by molar-refractivity contribution is -0.146. The van der Waals surface area contributed by atoms with Crippen LogP contribution in [0.1, 0.15) is 97.6 Å². The number of fused-ring (bicyclic) bond motifs is 1. The van der Waals surface area contributed by atoms with Gasteiger partial charge in [0.15, 0.2) is 0 Å². The summed E-state index contributed by atoms with van der Waals surface area (Å²) in [7, 11) is 0. The lowest BCUT2D eigenvalue weighted by Gasteiger charge is -2.40. The number of alkyl halides is 1. The SMILES string of the molecule is CC(=O)OC1CCc2c1ncc(NC(=O)C1=CCC(F)(NC(=O)OC(C)(C)C)C(c3c(F)cccc3F)=N1)c2N1C[C@H](C)C[C@H](NC(=O)OC(C)(C)C)C1. The van der Waals surface area contributed by atoms with Crippen molar-refractivity contribution < 1.29 is 46.6 Å². The van der Waals surface area contributed by atoms with E-state index in [-0.39, 0.29) is 23.3 Å². The van der Waals surface area contributed by atoms with E-state index < -0.39 is 76.5 Å². The molecular formula is C38H47F3N6O7. The molecule has 54 heavy (non-hydrogen) atoms. The van der Waals surface area contributed by atoms with Crippen LogP contribution in [0.15, 0.2) is 41.2 Å². The molecule has 1 saturated heterocycles. The summed E-state index contributed by atoms with van der Waals surface area (Å²) in [6.45, 7) is 14.2. The third-order valence-electron chi connectivity index (χ3n) is 8.71. The number of alkyl carbamates (subject to hydrolysis) is 2. The fourth-order valence-electron chi connectivity index (χ4n) is 6.85. The van der Waals surface area contributed by atoms with Crippen LogP contribution in [0.25, 0.3) is 0 Å². The number of nitrogens with one attached hydrogen (secondary N) is 3. The fraction of sp³-hybridized carbons (Fsp3) is 0.526. The number of hydrogen-bond donors (Lipinski definition) is 3. The predicted octanol–water partition coefficient (Wildman–Crippen LogP) is 6.56. The first-order valence-corrected chi connectivity index (χ1v) is 17.8. The van der Waals surface area contributed by atoms with Gasteiger partial charge in [0.25, 0.3) is 5.91 Å². The minimum Gasteiger partial charge on any atom is -0.456 e. The minimum atomic E-state index is -2.96. The smallest absolute Gasteiger partial charge is 0.410 e. The summed E-state index contributed by atoms with van der Waals surface area (Å²) in [5, 5.41) is 7.79. The summed E-state index contributed by atoms with van der Waals surface area (Å²) < 4.78 is 63.2. The Morgan fingerprint density at radius 3 is 2.26 bits per heavy atom. The van der Waals surface area contributed by atoms with E-state index in [2.05, 4.69) is 20.6 Å². The number of benzene rings is 1. The van der Waals surface area contributed by atoms with Crippen molar-refractivity contribution in [3.05, 3.63) is 64.6 Å². The zero-order valence-corrected chi connectivity index (χ0v) is 31.7. The number of aromatic nitrogens is 1. The number of carbonyl (C=O) groups excluding carboxylic acids is 4. The first kappa shape index (κ1) is 40.0. The molecule has 1 aliphatic carbocycles. The van der Waals surface area contributed by atoms with Gasteiger partial charge in [-0.25, -0.2) is 27.8 Å². The van der Waals surface area contributed by atoms with Crippen molar-refractivity contribution in [2.45, 2.75) is 110 Å². The molecule has 0 spiro atoms. The Hall–Kier alpha value is -5.15. The molecule has 3 heterocycles. The van der Waals surface area contributed by atoms with E-state index >= 15 is 13.2 Å². The molecule has 1 fully saturated rings. The molecule has 1 aromatic heterocycles. The molecule has 0 radical (unpaired) electrons. The summed E-state index contributed by atoms with van der Waals surface area (Å²) >= 11 is 0. The number of halogens is 3. The Balaban J connectivity index is 1.51. The van der Waals surface area contributed by atoms with Gasteiger partial charge in [-0.15, -0.1) is 0 Å². The van der Waals surface area contributed by atoms with Crippen LogP contribution in [0.3, 0.4) is 0 Å². The van der Waals surface area contributed by atoms with Crippen molar-refractivity contribution in [2.75, 3.05) is 23.3 Å². The molecule has 2 aliphatic heterocycles. The maximum atomic E-state index is 16.7. The number of anilines is 2. The topological polar surface area (TPSA) is 161 Å². The van der Waals surface area contributed by atoms with Gasteiger partial charge < -0.3 is 29.7 Å². The molecule has 2 aromatic rings. The van der Waals surface area contributed by atoms with Crippen molar-refractivity contribution in [1.82, 2.24) is 15.6 Å². The minimum absolute atomic E-state index is 0.0794. The van der Waals surface area contributed by atoms with Crippen molar-refractivity contribution in [2.24, 2.45) is 10.9 Å². The Morgan fingerprint density at radius 1 is 0.981 bits per heavy atom. The number of hydrogen-bond acceptors (Lipinski definition) is 10. The molecule has 16 heteroatoms. The lowest BCUT2D eigenvalue weighted by Crippen LogP contribution is -2.54. The van der Waals surface area contributed by atoms with Gasteiger partial charge in [-0.1, -0.05) is 13.0 Å². The summed E-state index contributed by atoms with van der Waals surface area (Å²) in [4.78, 5) is 62.0. The average Bonchev–Trinajstić information content (AvgIpc) is 3.41.